The number of rotatable bonds is 5. The van der Waals surface area contributed by atoms with E-state index in [-0.39, 0.29) is 5.91 Å². The number of hydrogen-bond acceptors (Lipinski definition) is 4. The van der Waals surface area contributed by atoms with E-state index in [2.05, 4.69) is 6.92 Å². The molecule has 1 fully saturated rings. The monoisotopic (exact) mass is 404 g/mol. The van der Waals surface area contributed by atoms with Gasteiger partial charge in [0, 0.05) is 36.5 Å². The topological polar surface area (TPSA) is 57.7 Å². The van der Waals surface area contributed by atoms with Crippen molar-refractivity contribution in [3.8, 4) is 0 Å². The summed E-state index contributed by atoms with van der Waals surface area (Å²) in [6, 6.07) is 11.3. The Kier molecular flexibility index (Phi) is 6.14. The van der Waals surface area contributed by atoms with Crippen molar-refractivity contribution in [3.63, 3.8) is 0 Å². The largest absolute Gasteiger partial charge is 0.335 e. The lowest BCUT2D eigenvalue weighted by Gasteiger charge is -2.33. The molecule has 0 aliphatic carbocycles. The van der Waals surface area contributed by atoms with Gasteiger partial charge < -0.3 is 4.90 Å². The van der Waals surface area contributed by atoms with Gasteiger partial charge in [-0.1, -0.05) is 37.3 Å². The van der Waals surface area contributed by atoms with Crippen LogP contribution < -0.4 is 0 Å². The first-order valence-corrected chi connectivity index (χ1v) is 11.3. The van der Waals surface area contributed by atoms with Crippen molar-refractivity contribution in [2.75, 3.05) is 26.2 Å². The van der Waals surface area contributed by atoms with Crippen LogP contribution in [0.3, 0.4) is 0 Å². The number of piperazine rings is 1. The number of sulfonamides is 1. The third kappa shape index (κ3) is 4.66. The molecule has 0 spiro atoms. The van der Waals surface area contributed by atoms with Gasteiger partial charge in [-0.05, 0) is 36.6 Å². The average molecular weight is 405 g/mol. The summed E-state index contributed by atoms with van der Waals surface area (Å²) in [5.74, 6) is -0.000300. The third-order valence-electron chi connectivity index (χ3n) is 4.67. The van der Waals surface area contributed by atoms with Crippen molar-refractivity contribution in [2.24, 2.45) is 0 Å². The van der Waals surface area contributed by atoms with E-state index in [1.165, 1.54) is 25.9 Å². The van der Waals surface area contributed by atoms with Crippen LogP contribution >= 0.6 is 11.3 Å². The highest BCUT2D eigenvalue weighted by Gasteiger charge is 2.28. The van der Waals surface area contributed by atoms with Crippen LogP contribution in [0.4, 0.5) is 0 Å². The van der Waals surface area contributed by atoms with Crippen molar-refractivity contribution in [1.29, 1.82) is 0 Å². The molecule has 7 heteroatoms. The standard InChI is InChI=1S/C20H24N2O3S2/c1-3-18-16(2)15-19(26-18)20(23)21-10-12-22(13-11-21)27(24,25)14-9-17-7-5-4-6-8-17/h4-9,14-15H,3,10-13H2,1-2H3/b14-9+. The SMILES string of the molecule is CCc1sc(C(=O)N2CCN(S(=O)(=O)/C=C/c3ccccc3)CC2)cc1C. The number of hydrogen-bond donors (Lipinski definition) is 0. The fourth-order valence-corrected chi connectivity index (χ4v) is 5.35. The molecule has 2 heterocycles. The van der Waals surface area contributed by atoms with Crippen molar-refractivity contribution >= 4 is 33.3 Å². The first-order chi connectivity index (χ1) is 12.9. The number of benzene rings is 1. The normalized spacial score (nSPS) is 16.1. The molecule has 0 radical (unpaired) electrons. The minimum absolute atomic E-state index is 0.000300. The lowest BCUT2D eigenvalue weighted by atomic mass is 10.2. The van der Waals surface area contributed by atoms with Gasteiger partial charge in [-0.15, -0.1) is 11.3 Å². The maximum atomic E-state index is 12.7. The summed E-state index contributed by atoms with van der Waals surface area (Å²) in [5, 5.41) is 1.25. The second-order valence-corrected chi connectivity index (χ2v) is 9.48. The molecule has 1 aliphatic heterocycles. The molecule has 144 valence electrons. The van der Waals surface area contributed by atoms with Crippen molar-refractivity contribution in [1.82, 2.24) is 9.21 Å². The number of nitrogens with zero attached hydrogens (tertiary/aromatic N) is 2. The van der Waals surface area contributed by atoms with E-state index in [1.807, 2.05) is 43.3 Å². The second kappa shape index (κ2) is 8.37. The molecule has 1 aromatic heterocycles. The molecule has 1 aliphatic rings. The molecular formula is C20H24N2O3S2. The highest BCUT2D eigenvalue weighted by molar-refractivity contribution is 7.92. The Morgan fingerprint density at radius 1 is 1.15 bits per heavy atom. The maximum Gasteiger partial charge on any atom is 0.264 e. The molecule has 0 atom stereocenters. The quantitative estimate of drug-likeness (QED) is 0.768. The molecule has 1 aromatic carbocycles. The van der Waals surface area contributed by atoms with Crippen molar-refractivity contribution in [3.05, 3.63) is 62.7 Å². The smallest absolute Gasteiger partial charge is 0.264 e. The summed E-state index contributed by atoms with van der Waals surface area (Å²) in [5.41, 5.74) is 1.99. The summed E-state index contributed by atoms with van der Waals surface area (Å²) >= 11 is 1.54. The van der Waals surface area contributed by atoms with E-state index in [0.717, 1.165) is 22.4 Å². The zero-order valence-corrected chi connectivity index (χ0v) is 17.2. The van der Waals surface area contributed by atoms with Gasteiger partial charge in [0.2, 0.25) is 10.0 Å². The summed E-state index contributed by atoms with van der Waals surface area (Å²) in [6.07, 6.45) is 2.52. The number of aryl methyl sites for hydroxylation is 2. The van der Waals surface area contributed by atoms with Gasteiger partial charge in [0.1, 0.15) is 0 Å². The van der Waals surface area contributed by atoms with Crippen LogP contribution in [0, 0.1) is 6.92 Å². The molecule has 0 unspecified atom stereocenters. The number of carbonyl (C=O) groups is 1. The fraction of sp³-hybridized carbons (Fsp3) is 0.350. The fourth-order valence-electron chi connectivity index (χ4n) is 3.09. The van der Waals surface area contributed by atoms with Crippen LogP contribution in [0.25, 0.3) is 6.08 Å². The van der Waals surface area contributed by atoms with E-state index >= 15 is 0 Å². The zero-order chi connectivity index (χ0) is 19.4. The van der Waals surface area contributed by atoms with Crippen LogP contribution in [-0.2, 0) is 16.4 Å². The Labute approximate surface area is 165 Å². The van der Waals surface area contributed by atoms with Crippen LogP contribution in [-0.4, -0.2) is 49.7 Å². The molecule has 27 heavy (non-hydrogen) atoms. The summed E-state index contributed by atoms with van der Waals surface area (Å²) < 4.78 is 26.5. The Balaban J connectivity index is 1.62. The van der Waals surface area contributed by atoms with E-state index in [1.54, 1.807) is 11.0 Å². The maximum absolute atomic E-state index is 12.7. The lowest BCUT2D eigenvalue weighted by Crippen LogP contribution is -2.49. The minimum atomic E-state index is -3.48. The van der Waals surface area contributed by atoms with Crippen LogP contribution in [0.2, 0.25) is 0 Å². The first kappa shape index (κ1) is 19.8. The van der Waals surface area contributed by atoms with E-state index in [4.69, 9.17) is 0 Å². The molecule has 2 aromatic rings. The highest BCUT2D eigenvalue weighted by atomic mass is 32.2. The van der Waals surface area contributed by atoms with Crippen molar-refractivity contribution < 1.29 is 13.2 Å². The highest BCUT2D eigenvalue weighted by Crippen LogP contribution is 2.24. The van der Waals surface area contributed by atoms with Crippen LogP contribution in [0.5, 0.6) is 0 Å². The van der Waals surface area contributed by atoms with Crippen molar-refractivity contribution in [2.45, 2.75) is 20.3 Å². The summed E-state index contributed by atoms with van der Waals surface area (Å²) in [7, 11) is -3.48. The Morgan fingerprint density at radius 2 is 1.81 bits per heavy atom. The minimum Gasteiger partial charge on any atom is -0.335 e. The van der Waals surface area contributed by atoms with E-state index in [0.29, 0.717) is 26.2 Å². The predicted octanol–water partition coefficient (Wildman–Crippen LogP) is 3.38. The number of amides is 1. The van der Waals surface area contributed by atoms with Crippen LogP contribution in [0.1, 0.15) is 32.6 Å². The Bertz CT molecular complexity index is 925. The van der Waals surface area contributed by atoms with Crippen LogP contribution in [0.15, 0.2) is 41.8 Å². The molecule has 0 N–H and O–H groups in total. The van der Waals surface area contributed by atoms with Gasteiger partial charge in [0.25, 0.3) is 5.91 Å². The lowest BCUT2D eigenvalue weighted by molar-refractivity contribution is 0.0703. The molecule has 0 saturated carbocycles. The zero-order valence-electron chi connectivity index (χ0n) is 15.6. The molecule has 5 nitrogen and oxygen atoms in total. The van der Waals surface area contributed by atoms with Gasteiger partial charge in [0.15, 0.2) is 0 Å². The van der Waals surface area contributed by atoms with E-state index < -0.39 is 10.0 Å². The first-order valence-electron chi connectivity index (χ1n) is 9.02. The number of thiophene rings is 1. The third-order valence-corrected chi connectivity index (χ3v) is 7.60. The molecule has 3 rings (SSSR count). The average Bonchev–Trinajstić information content (AvgIpc) is 3.07. The van der Waals surface area contributed by atoms with E-state index in [9.17, 15) is 13.2 Å². The summed E-state index contributed by atoms with van der Waals surface area (Å²) in [4.78, 5) is 16.4. The molecule has 1 saturated heterocycles. The molecular weight excluding hydrogens is 380 g/mol. The van der Waals surface area contributed by atoms with Gasteiger partial charge in [-0.2, -0.15) is 4.31 Å². The van der Waals surface area contributed by atoms with Gasteiger partial charge in [-0.3, -0.25) is 4.79 Å². The Morgan fingerprint density at radius 3 is 2.41 bits per heavy atom. The summed E-state index contributed by atoms with van der Waals surface area (Å²) in [6.45, 7) is 5.57. The number of carbonyl (C=O) groups excluding carboxylic acids is 1. The van der Waals surface area contributed by atoms with Gasteiger partial charge >= 0.3 is 0 Å². The molecule has 0 bridgehead atoms. The Hall–Kier alpha value is -1.96. The van der Waals surface area contributed by atoms with Gasteiger partial charge in [0.05, 0.1) is 4.88 Å². The van der Waals surface area contributed by atoms with Gasteiger partial charge in [-0.25, -0.2) is 8.42 Å². The molecule has 1 amide bonds. The second-order valence-electron chi connectivity index (χ2n) is 6.52. The predicted molar refractivity (Wildman–Crippen MR) is 110 cm³/mol.